The van der Waals surface area contributed by atoms with Crippen molar-refractivity contribution in [2.75, 3.05) is 13.1 Å². The Morgan fingerprint density at radius 2 is 2.05 bits per heavy atom. The number of carbonyl (C=O) groups is 1. The number of pyridine rings is 1. The summed E-state index contributed by atoms with van der Waals surface area (Å²) in [5, 5.41) is 11.5. The minimum Gasteiger partial charge on any atom is -1.00 e. The van der Waals surface area contributed by atoms with Gasteiger partial charge in [0.05, 0.1) is 11.8 Å². The van der Waals surface area contributed by atoms with Crippen LogP contribution >= 0.6 is 0 Å². The van der Waals surface area contributed by atoms with Crippen molar-refractivity contribution in [3.8, 4) is 0 Å². The summed E-state index contributed by atoms with van der Waals surface area (Å²) in [7, 11) is 0. The van der Waals surface area contributed by atoms with Gasteiger partial charge in [-0.3, -0.25) is 4.79 Å². The zero-order chi connectivity index (χ0) is 14.1. The maximum Gasteiger partial charge on any atom is 0.288 e. The minimum atomic E-state index is 0. The van der Waals surface area contributed by atoms with Crippen LogP contribution in [0.4, 0.5) is 0 Å². The average molecular weight is 300 g/mol. The lowest BCUT2D eigenvalue weighted by molar-refractivity contribution is -0.685. The molecule has 1 aromatic heterocycles. The van der Waals surface area contributed by atoms with E-state index in [1.807, 2.05) is 23.2 Å². The summed E-state index contributed by atoms with van der Waals surface area (Å²) in [4.78, 5) is 14.1. The van der Waals surface area contributed by atoms with Crippen LogP contribution in [-0.2, 0) is 11.3 Å². The number of carbonyl (C=O) groups excluding carboxylic acids is 1. The van der Waals surface area contributed by atoms with Crippen LogP contribution < -0.4 is 17.0 Å². The van der Waals surface area contributed by atoms with E-state index in [1.54, 1.807) is 10.8 Å². The third kappa shape index (κ3) is 6.02. The van der Waals surface area contributed by atoms with Crippen LogP contribution in [0.15, 0.2) is 29.7 Å². The Morgan fingerprint density at radius 1 is 1.40 bits per heavy atom. The van der Waals surface area contributed by atoms with Crippen LogP contribution in [0.2, 0.25) is 0 Å². The van der Waals surface area contributed by atoms with Crippen LogP contribution in [0.3, 0.4) is 0 Å². The first-order valence-corrected chi connectivity index (χ1v) is 6.65. The summed E-state index contributed by atoms with van der Waals surface area (Å²) in [5.41, 5.74) is 0.760. The molecule has 0 aliphatic rings. The van der Waals surface area contributed by atoms with Gasteiger partial charge in [0.25, 0.3) is 5.91 Å². The van der Waals surface area contributed by atoms with Gasteiger partial charge in [0.15, 0.2) is 12.4 Å². The molecule has 1 N–H and O–H groups in total. The smallest absolute Gasteiger partial charge is 0.288 e. The molecule has 0 bridgehead atoms. The van der Waals surface area contributed by atoms with Gasteiger partial charge in [-0.1, -0.05) is 19.0 Å². The van der Waals surface area contributed by atoms with Crippen LogP contribution in [0.1, 0.15) is 32.3 Å². The Kier molecular flexibility index (Phi) is 9.38. The van der Waals surface area contributed by atoms with Gasteiger partial charge in [0.1, 0.15) is 0 Å². The van der Waals surface area contributed by atoms with Crippen molar-refractivity contribution >= 4 is 12.1 Å². The Labute approximate surface area is 126 Å². The average Bonchev–Trinajstić information content (AvgIpc) is 2.39. The monoisotopic (exact) mass is 299 g/mol. The van der Waals surface area contributed by atoms with Gasteiger partial charge in [-0.25, -0.2) is 0 Å². The van der Waals surface area contributed by atoms with E-state index in [1.165, 1.54) is 6.21 Å². The van der Waals surface area contributed by atoms with Crippen molar-refractivity contribution in [2.45, 2.75) is 33.2 Å². The van der Waals surface area contributed by atoms with Gasteiger partial charge >= 0.3 is 0 Å². The molecule has 0 fully saturated rings. The second kappa shape index (κ2) is 10.2. The first-order chi connectivity index (χ1) is 9.21. The normalized spacial score (nSPS) is 10.3. The van der Waals surface area contributed by atoms with Crippen LogP contribution in [0.25, 0.3) is 0 Å². The zero-order valence-corrected chi connectivity index (χ0v) is 12.8. The quantitative estimate of drug-likeness (QED) is 0.286. The van der Waals surface area contributed by atoms with E-state index in [-0.39, 0.29) is 18.3 Å². The largest absolute Gasteiger partial charge is 1.00 e. The van der Waals surface area contributed by atoms with E-state index >= 15 is 0 Å². The third-order valence-corrected chi connectivity index (χ3v) is 2.75. The van der Waals surface area contributed by atoms with Gasteiger partial charge in [-0.15, -0.1) is 0 Å². The van der Waals surface area contributed by atoms with E-state index in [0.717, 1.165) is 31.5 Å². The SMILES string of the molecule is CCCN(CCC)C(=O)C[n+]1cccc(C=NO)c1.[Cl-]. The van der Waals surface area contributed by atoms with Crippen LogP contribution in [0.5, 0.6) is 0 Å². The Balaban J connectivity index is 0.00000361. The lowest BCUT2D eigenvalue weighted by atomic mass is 10.3. The molecule has 5 nitrogen and oxygen atoms in total. The minimum absolute atomic E-state index is 0. The molecule has 1 heterocycles. The molecule has 1 amide bonds. The van der Waals surface area contributed by atoms with E-state index in [4.69, 9.17) is 5.21 Å². The molecule has 1 aromatic rings. The number of hydrogen-bond donors (Lipinski definition) is 1. The van der Waals surface area contributed by atoms with E-state index in [9.17, 15) is 4.79 Å². The molecule has 6 heteroatoms. The molecular formula is C14H22ClN3O2. The molecule has 112 valence electrons. The molecule has 0 radical (unpaired) electrons. The van der Waals surface area contributed by atoms with E-state index in [2.05, 4.69) is 19.0 Å². The first-order valence-electron chi connectivity index (χ1n) is 6.65. The standard InChI is InChI=1S/C14H21N3O2.ClH/c1-3-7-17(8-4-2)14(18)12-16-9-5-6-13(11-16)10-15-19;/h5-6,9-11H,3-4,7-8,12H2,1-2H3;1H. The van der Waals surface area contributed by atoms with Gasteiger partial charge in [0.2, 0.25) is 6.54 Å². The molecule has 0 unspecified atom stereocenters. The van der Waals surface area contributed by atoms with Gasteiger partial charge in [0, 0.05) is 19.2 Å². The molecule has 0 aliphatic carbocycles. The summed E-state index contributed by atoms with van der Waals surface area (Å²) in [6.07, 6.45) is 6.90. The number of halogens is 1. The molecular weight excluding hydrogens is 278 g/mol. The predicted molar refractivity (Wildman–Crippen MR) is 73.2 cm³/mol. The zero-order valence-electron chi connectivity index (χ0n) is 12.0. The van der Waals surface area contributed by atoms with Gasteiger partial charge in [-0.2, -0.15) is 4.57 Å². The lowest BCUT2D eigenvalue weighted by Gasteiger charge is -2.19. The molecule has 0 aromatic carbocycles. The highest BCUT2D eigenvalue weighted by molar-refractivity contribution is 5.78. The number of rotatable bonds is 7. The predicted octanol–water partition coefficient (Wildman–Crippen LogP) is -1.57. The van der Waals surface area contributed by atoms with Gasteiger partial charge in [-0.05, 0) is 18.9 Å². The maximum atomic E-state index is 12.2. The van der Waals surface area contributed by atoms with Crippen molar-refractivity contribution in [3.05, 3.63) is 30.1 Å². The molecule has 20 heavy (non-hydrogen) atoms. The van der Waals surface area contributed by atoms with Crippen molar-refractivity contribution in [1.29, 1.82) is 0 Å². The molecule has 0 atom stereocenters. The summed E-state index contributed by atoms with van der Waals surface area (Å²) in [6.45, 7) is 6.05. The molecule has 1 rings (SSSR count). The number of aromatic nitrogens is 1. The summed E-state index contributed by atoms with van der Waals surface area (Å²) >= 11 is 0. The summed E-state index contributed by atoms with van der Waals surface area (Å²) in [6, 6.07) is 3.64. The van der Waals surface area contributed by atoms with Crippen molar-refractivity contribution in [3.63, 3.8) is 0 Å². The van der Waals surface area contributed by atoms with Crippen molar-refractivity contribution in [1.82, 2.24) is 4.90 Å². The fourth-order valence-corrected chi connectivity index (χ4v) is 1.94. The van der Waals surface area contributed by atoms with Gasteiger partial charge < -0.3 is 22.5 Å². The molecule has 0 spiro atoms. The van der Waals surface area contributed by atoms with Crippen LogP contribution in [-0.4, -0.2) is 35.3 Å². The fraction of sp³-hybridized carbons (Fsp3) is 0.500. The fourth-order valence-electron chi connectivity index (χ4n) is 1.94. The molecule has 0 saturated heterocycles. The number of oxime groups is 1. The highest BCUT2D eigenvalue weighted by Crippen LogP contribution is 1.96. The Bertz CT molecular complexity index is 432. The number of amides is 1. The molecule has 0 aliphatic heterocycles. The van der Waals surface area contributed by atoms with E-state index < -0.39 is 0 Å². The molecule has 0 saturated carbocycles. The third-order valence-electron chi connectivity index (χ3n) is 2.75. The summed E-state index contributed by atoms with van der Waals surface area (Å²) in [5.74, 6) is 0.117. The second-order valence-electron chi connectivity index (χ2n) is 4.43. The Morgan fingerprint density at radius 3 is 2.60 bits per heavy atom. The van der Waals surface area contributed by atoms with Crippen molar-refractivity contribution in [2.24, 2.45) is 5.16 Å². The van der Waals surface area contributed by atoms with E-state index in [0.29, 0.717) is 6.54 Å². The second-order valence-corrected chi connectivity index (χ2v) is 4.43. The highest BCUT2D eigenvalue weighted by Gasteiger charge is 2.16. The lowest BCUT2D eigenvalue weighted by Crippen LogP contribution is -3.00. The maximum absolute atomic E-state index is 12.2. The van der Waals surface area contributed by atoms with Crippen LogP contribution in [0, 0.1) is 0 Å². The first kappa shape index (κ1) is 18.4. The Hall–Kier alpha value is -1.62. The number of hydrogen-bond acceptors (Lipinski definition) is 3. The summed E-state index contributed by atoms with van der Waals surface area (Å²) < 4.78 is 1.80. The van der Waals surface area contributed by atoms with Crippen molar-refractivity contribution < 1.29 is 27.0 Å². The topological polar surface area (TPSA) is 56.8 Å². The highest BCUT2D eigenvalue weighted by atomic mass is 35.5. The number of nitrogens with zero attached hydrogens (tertiary/aromatic N) is 3.